The maximum Gasteiger partial charge on any atom is 0.0590 e. The number of nitrogens with zero attached hydrogens (tertiary/aromatic N) is 1. The number of halogens is 2. The van der Waals surface area contributed by atoms with E-state index in [9.17, 15) is 0 Å². The quantitative estimate of drug-likeness (QED) is 0.823. The van der Waals surface area contributed by atoms with E-state index < -0.39 is 0 Å². The molecule has 1 saturated carbocycles. The number of benzene rings is 1. The molecule has 0 spiro atoms. The highest BCUT2D eigenvalue weighted by molar-refractivity contribution is 9.10. The zero-order valence-electron chi connectivity index (χ0n) is 11.1. The van der Waals surface area contributed by atoms with Crippen molar-refractivity contribution in [3.05, 3.63) is 33.3 Å². The lowest BCUT2D eigenvalue weighted by atomic mass is 10.1. The predicted octanol–water partition coefficient (Wildman–Crippen LogP) is 3.21. The summed E-state index contributed by atoms with van der Waals surface area (Å²) in [5.74, 6) is 0. The van der Waals surface area contributed by atoms with Crippen LogP contribution in [-0.4, -0.2) is 37.7 Å². The molecule has 0 bridgehead atoms. The van der Waals surface area contributed by atoms with E-state index in [0.717, 1.165) is 22.6 Å². The summed E-state index contributed by atoms with van der Waals surface area (Å²) >= 11 is 9.60. The van der Waals surface area contributed by atoms with Crippen LogP contribution in [0.3, 0.4) is 0 Å². The first kappa shape index (κ1) is 15.3. The van der Waals surface area contributed by atoms with Gasteiger partial charge in [-0.1, -0.05) is 33.6 Å². The van der Waals surface area contributed by atoms with E-state index in [1.165, 1.54) is 18.4 Å². The van der Waals surface area contributed by atoms with Crippen LogP contribution in [0.4, 0.5) is 0 Å². The summed E-state index contributed by atoms with van der Waals surface area (Å²) in [5, 5.41) is 0.737. The summed E-state index contributed by atoms with van der Waals surface area (Å²) in [6, 6.07) is 6.78. The SMILES string of the molecule is COCCN(C1CC1)C(CN)c1ccc(Cl)cc1Br. The van der Waals surface area contributed by atoms with E-state index in [2.05, 4.69) is 26.9 Å². The van der Waals surface area contributed by atoms with Crippen LogP contribution in [0.1, 0.15) is 24.4 Å². The number of methoxy groups -OCH3 is 1. The Morgan fingerprint density at radius 3 is 2.79 bits per heavy atom. The van der Waals surface area contributed by atoms with E-state index >= 15 is 0 Å². The van der Waals surface area contributed by atoms with Crippen LogP contribution >= 0.6 is 27.5 Å². The second-order valence-corrected chi connectivity index (χ2v) is 6.17. The summed E-state index contributed by atoms with van der Waals surface area (Å²) in [5.41, 5.74) is 7.22. The molecule has 0 saturated heterocycles. The molecule has 2 N–H and O–H groups in total. The van der Waals surface area contributed by atoms with Crippen molar-refractivity contribution in [2.75, 3.05) is 26.8 Å². The van der Waals surface area contributed by atoms with Crippen LogP contribution in [0, 0.1) is 0 Å². The minimum Gasteiger partial charge on any atom is -0.383 e. The van der Waals surface area contributed by atoms with Crippen LogP contribution < -0.4 is 5.73 Å². The van der Waals surface area contributed by atoms with Crippen molar-refractivity contribution in [2.45, 2.75) is 24.9 Å². The fourth-order valence-corrected chi connectivity index (χ4v) is 3.36. The largest absolute Gasteiger partial charge is 0.383 e. The molecule has 1 aliphatic carbocycles. The van der Waals surface area contributed by atoms with Crippen LogP contribution in [-0.2, 0) is 4.74 Å². The van der Waals surface area contributed by atoms with Crippen LogP contribution in [0.15, 0.2) is 22.7 Å². The summed E-state index contributed by atoms with van der Waals surface area (Å²) in [7, 11) is 1.74. The van der Waals surface area contributed by atoms with Crippen molar-refractivity contribution in [1.29, 1.82) is 0 Å². The number of ether oxygens (including phenoxy) is 1. The van der Waals surface area contributed by atoms with Gasteiger partial charge in [0.15, 0.2) is 0 Å². The van der Waals surface area contributed by atoms with Gasteiger partial charge < -0.3 is 10.5 Å². The third kappa shape index (κ3) is 3.92. The lowest BCUT2D eigenvalue weighted by Gasteiger charge is -2.31. The summed E-state index contributed by atoms with van der Waals surface area (Å²) in [6.45, 7) is 2.25. The van der Waals surface area contributed by atoms with Crippen LogP contribution in [0.25, 0.3) is 0 Å². The zero-order valence-corrected chi connectivity index (χ0v) is 13.5. The van der Waals surface area contributed by atoms with Crippen LogP contribution in [0.2, 0.25) is 5.02 Å². The van der Waals surface area contributed by atoms with Crippen molar-refractivity contribution < 1.29 is 4.74 Å². The Morgan fingerprint density at radius 2 is 2.26 bits per heavy atom. The molecule has 106 valence electrons. The first-order valence-electron chi connectivity index (χ1n) is 6.57. The highest BCUT2D eigenvalue weighted by Crippen LogP contribution is 2.36. The highest BCUT2D eigenvalue weighted by atomic mass is 79.9. The topological polar surface area (TPSA) is 38.5 Å². The Morgan fingerprint density at radius 1 is 1.53 bits per heavy atom. The smallest absolute Gasteiger partial charge is 0.0590 e. The Kier molecular flexibility index (Phi) is 5.66. The lowest BCUT2D eigenvalue weighted by Crippen LogP contribution is -2.37. The monoisotopic (exact) mass is 346 g/mol. The van der Waals surface area contributed by atoms with Gasteiger partial charge in [0.05, 0.1) is 6.61 Å². The molecule has 5 heteroatoms. The summed E-state index contributed by atoms with van der Waals surface area (Å²) < 4.78 is 6.24. The molecule has 3 nitrogen and oxygen atoms in total. The minimum absolute atomic E-state index is 0.217. The van der Waals surface area contributed by atoms with Crippen molar-refractivity contribution in [2.24, 2.45) is 5.73 Å². The van der Waals surface area contributed by atoms with Gasteiger partial charge in [0.1, 0.15) is 0 Å². The van der Waals surface area contributed by atoms with Crippen molar-refractivity contribution >= 4 is 27.5 Å². The predicted molar refractivity (Wildman–Crippen MR) is 82.6 cm³/mol. The number of nitrogens with two attached hydrogens (primary N) is 1. The molecule has 1 aliphatic rings. The Labute approximate surface area is 128 Å². The fraction of sp³-hybridized carbons (Fsp3) is 0.571. The highest BCUT2D eigenvalue weighted by Gasteiger charge is 2.34. The van der Waals surface area contributed by atoms with E-state index in [1.807, 2.05) is 12.1 Å². The van der Waals surface area contributed by atoms with Gasteiger partial charge in [-0.25, -0.2) is 0 Å². The van der Waals surface area contributed by atoms with Gasteiger partial charge >= 0.3 is 0 Å². The van der Waals surface area contributed by atoms with E-state index in [-0.39, 0.29) is 6.04 Å². The molecule has 1 fully saturated rings. The maximum absolute atomic E-state index is 6.01. The molecule has 0 radical (unpaired) electrons. The standard InChI is InChI=1S/C14H20BrClN2O/c1-19-7-6-18(11-3-4-11)14(9-17)12-5-2-10(16)8-13(12)15/h2,5,8,11,14H,3-4,6-7,9,17H2,1H3. The number of hydrogen-bond acceptors (Lipinski definition) is 3. The molecular formula is C14H20BrClN2O. The van der Waals surface area contributed by atoms with E-state index in [4.69, 9.17) is 22.1 Å². The Bertz CT molecular complexity index is 426. The van der Waals surface area contributed by atoms with Crippen molar-refractivity contribution in [3.63, 3.8) is 0 Å². The third-order valence-corrected chi connectivity index (χ3v) is 4.44. The van der Waals surface area contributed by atoms with Crippen LogP contribution in [0.5, 0.6) is 0 Å². The molecule has 1 aromatic carbocycles. The Hall–Kier alpha value is -0.130. The molecule has 0 aliphatic heterocycles. The van der Waals surface area contributed by atoms with Gasteiger partial charge in [-0.2, -0.15) is 0 Å². The Balaban J connectivity index is 2.20. The second-order valence-electron chi connectivity index (χ2n) is 4.88. The summed E-state index contributed by atoms with van der Waals surface area (Å²) in [4.78, 5) is 2.46. The van der Waals surface area contributed by atoms with Gasteiger partial charge in [-0.05, 0) is 30.5 Å². The normalized spacial score (nSPS) is 16.9. The van der Waals surface area contributed by atoms with Gasteiger partial charge in [-0.15, -0.1) is 0 Å². The van der Waals surface area contributed by atoms with Gasteiger partial charge in [0.2, 0.25) is 0 Å². The average molecular weight is 348 g/mol. The zero-order chi connectivity index (χ0) is 13.8. The molecule has 1 atom stereocenters. The first-order valence-corrected chi connectivity index (χ1v) is 7.74. The molecule has 2 rings (SSSR count). The minimum atomic E-state index is 0.217. The second kappa shape index (κ2) is 7.04. The molecule has 0 heterocycles. The lowest BCUT2D eigenvalue weighted by molar-refractivity contribution is 0.115. The average Bonchev–Trinajstić information content (AvgIpc) is 3.20. The molecular weight excluding hydrogens is 328 g/mol. The van der Waals surface area contributed by atoms with Gasteiger partial charge in [0, 0.05) is 41.8 Å². The number of hydrogen-bond donors (Lipinski definition) is 1. The van der Waals surface area contributed by atoms with Gasteiger partial charge in [-0.3, -0.25) is 4.90 Å². The van der Waals surface area contributed by atoms with Crippen molar-refractivity contribution in [1.82, 2.24) is 4.90 Å². The summed E-state index contributed by atoms with van der Waals surface area (Å²) in [6.07, 6.45) is 2.51. The first-order chi connectivity index (χ1) is 9.17. The molecule has 0 amide bonds. The van der Waals surface area contributed by atoms with Gasteiger partial charge in [0.25, 0.3) is 0 Å². The number of rotatable bonds is 7. The van der Waals surface area contributed by atoms with Crippen molar-refractivity contribution in [3.8, 4) is 0 Å². The van der Waals surface area contributed by atoms with E-state index in [0.29, 0.717) is 12.6 Å². The van der Waals surface area contributed by atoms with E-state index in [1.54, 1.807) is 7.11 Å². The molecule has 19 heavy (non-hydrogen) atoms. The third-order valence-electron chi connectivity index (χ3n) is 3.51. The maximum atomic E-state index is 6.01. The fourth-order valence-electron chi connectivity index (χ4n) is 2.41. The molecule has 1 aromatic rings. The molecule has 1 unspecified atom stereocenters. The molecule has 0 aromatic heterocycles.